The van der Waals surface area contributed by atoms with Gasteiger partial charge in [0.1, 0.15) is 5.00 Å². The number of nitrogens with one attached hydrogen (secondary N) is 1. The molecule has 4 rings (SSSR count). The first-order valence-corrected chi connectivity index (χ1v) is 11.4. The van der Waals surface area contributed by atoms with Crippen molar-refractivity contribution in [3.05, 3.63) is 16.0 Å². The number of methoxy groups -OCH3 is 1. The van der Waals surface area contributed by atoms with Crippen LogP contribution in [0, 0.1) is 0 Å². The van der Waals surface area contributed by atoms with E-state index in [1.165, 1.54) is 24.8 Å². The third-order valence-electron chi connectivity index (χ3n) is 6.11. The van der Waals surface area contributed by atoms with Crippen LogP contribution >= 0.6 is 11.3 Å². The van der Waals surface area contributed by atoms with E-state index in [-0.39, 0.29) is 11.9 Å². The minimum absolute atomic E-state index is 0.0893. The number of nitrogens with zero attached hydrogens (tertiary/aromatic N) is 1. The summed E-state index contributed by atoms with van der Waals surface area (Å²) < 4.78 is 16.5. The summed E-state index contributed by atoms with van der Waals surface area (Å²) in [6, 6.07) is 0. The highest BCUT2D eigenvalue weighted by atomic mass is 32.1. The van der Waals surface area contributed by atoms with Crippen LogP contribution in [0.4, 0.5) is 5.00 Å². The van der Waals surface area contributed by atoms with E-state index in [0.29, 0.717) is 30.3 Å². The molecule has 0 bridgehead atoms. The second-order valence-corrected chi connectivity index (χ2v) is 9.15. The van der Waals surface area contributed by atoms with Gasteiger partial charge in [-0.1, -0.05) is 12.8 Å². The third-order valence-corrected chi connectivity index (χ3v) is 7.32. The molecule has 3 heterocycles. The van der Waals surface area contributed by atoms with Crippen LogP contribution in [0.2, 0.25) is 0 Å². The Bertz CT molecular complexity index is 746. The fourth-order valence-electron chi connectivity index (χ4n) is 4.53. The second kappa shape index (κ2) is 9.12. The highest BCUT2D eigenvalue weighted by Crippen LogP contribution is 2.37. The molecule has 29 heavy (non-hydrogen) atoms. The van der Waals surface area contributed by atoms with Crippen LogP contribution in [0.25, 0.3) is 0 Å². The number of piperidine rings is 1. The molecule has 2 aliphatic heterocycles. The van der Waals surface area contributed by atoms with E-state index in [4.69, 9.17) is 14.2 Å². The number of amides is 1. The van der Waals surface area contributed by atoms with Crippen LogP contribution in [0.1, 0.15) is 59.3 Å². The van der Waals surface area contributed by atoms with Crippen molar-refractivity contribution in [3.63, 3.8) is 0 Å². The van der Waals surface area contributed by atoms with Gasteiger partial charge in [-0.15, -0.1) is 11.3 Å². The normalized spacial score (nSPS) is 22.0. The van der Waals surface area contributed by atoms with Crippen molar-refractivity contribution < 1.29 is 23.8 Å². The van der Waals surface area contributed by atoms with Crippen molar-refractivity contribution >= 4 is 28.2 Å². The van der Waals surface area contributed by atoms with Crippen molar-refractivity contribution in [2.24, 2.45) is 0 Å². The second-order valence-electron chi connectivity index (χ2n) is 8.05. The first-order chi connectivity index (χ1) is 14.1. The molecule has 8 heteroatoms. The Morgan fingerprint density at radius 3 is 2.48 bits per heavy atom. The average molecular weight is 423 g/mol. The highest BCUT2D eigenvalue weighted by Gasteiger charge is 2.40. The lowest BCUT2D eigenvalue weighted by molar-refractivity contribution is -0.185. The maximum Gasteiger partial charge on any atom is 0.341 e. The van der Waals surface area contributed by atoms with E-state index >= 15 is 0 Å². The lowest BCUT2D eigenvalue weighted by Gasteiger charge is -2.37. The summed E-state index contributed by atoms with van der Waals surface area (Å²) in [6.45, 7) is 3.13. The first-order valence-electron chi connectivity index (χ1n) is 10.6. The fraction of sp³-hybridized carbons (Fsp3) is 0.714. The first kappa shape index (κ1) is 20.8. The van der Waals surface area contributed by atoms with Gasteiger partial charge in [-0.25, -0.2) is 4.79 Å². The molecule has 1 aromatic heterocycles. The van der Waals surface area contributed by atoms with Gasteiger partial charge in [-0.05, 0) is 31.2 Å². The molecular formula is C21H30N2O5S. The Balaban J connectivity index is 1.42. The van der Waals surface area contributed by atoms with E-state index < -0.39 is 5.79 Å². The smallest absolute Gasteiger partial charge is 0.341 e. The topological polar surface area (TPSA) is 77.1 Å². The SMILES string of the molecule is COC(=O)c1c(NC(=O)CN2CCC3(CC2)OCCO3)sc2c1CCCCCC2. The zero-order chi connectivity index (χ0) is 20.3. The van der Waals surface area contributed by atoms with Crippen molar-refractivity contribution in [1.82, 2.24) is 4.90 Å². The molecule has 1 aromatic rings. The maximum atomic E-state index is 12.7. The standard InChI is InChI=1S/C21H30N2O5S/c1-26-20(25)18-15-6-4-2-3-5-7-16(15)29-19(18)22-17(24)14-23-10-8-21(9-11-23)27-12-13-28-21/h2-14H2,1H3,(H,22,24). The van der Waals surface area contributed by atoms with E-state index in [2.05, 4.69) is 10.2 Å². The number of anilines is 1. The fourth-order valence-corrected chi connectivity index (χ4v) is 5.83. The van der Waals surface area contributed by atoms with Gasteiger partial charge in [0.15, 0.2) is 5.79 Å². The Labute approximate surface area is 175 Å². The Morgan fingerprint density at radius 1 is 1.10 bits per heavy atom. The van der Waals surface area contributed by atoms with Crippen molar-refractivity contribution in [2.75, 3.05) is 45.3 Å². The van der Waals surface area contributed by atoms with Crippen LogP contribution in [-0.4, -0.2) is 62.5 Å². The van der Waals surface area contributed by atoms with E-state index in [1.807, 2.05) is 0 Å². The summed E-state index contributed by atoms with van der Waals surface area (Å²) in [5, 5.41) is 3.65. The zero-order valence-corrected chi connectivity index (χ0v) is 17.9. The molecule has 2 saturated heterocycles. The van der Waals surface area contributed by atoms with Gasteiger partial charge in [-0.3, -0.25) is 9.69 Å². The summed E-state index contributed by atoms with van der Waals surface area (Å²) in [5.74, 6) is -0.878. The van der Waals surface area contributed by atoms with E-state index in [0.717, 1.165) is 57.2 Å². The van der Waals surface area contributed by atoms with Gasteiger partial charge >= 0.3 is 5.97 Å². The van der Waals surface area contributed by atoms with Crippen LogP contribution in [0.5, 0.6) is 0 Å². The number of esters is 1. The number of hydrogen-bond acceptors (Lipinski definition) is 7. The predicted molar refractivity (Wildman–Crippen MR) is 110 cm³/mol. The Morgan fingerprint density at radius 2 is 1.79 bits per heavy atom. The molecule has 0 radical (unpaired) electrons. The molecule has 1 aliphatic carbocycles. The number of fused-ring (bicyclic) bond motifs is 1. The average Bonchev–Trinajstić information content (AvgIpc) is 3.28. The molecule has 1 spiro atoms. The molecule has 0 atom stereocenters. The predicted octanol–water partition coefficient (Wildman–Crippen LogP) is 2.97. The lowest BCUT2D eigenvalue weighted by atomic mass is 9.96. The maximum absolute atomic E-state index is 12.7. The molecule has 160 valence electrons. The molecule has 7 nitrogen and oxygen atoms in total. The monoisotopic (exact) mass is 422 g/mol. The third kappa shape index (κ3) is 4.66. The molecular weight excluding hydrogens is 392 g/mol. The van der Waals surface area contributed by atoms with Gasteiger partial charge < -0.3 is 19.5 Å². The van der Waals surface area contributed by atoms with Gasteiger partial charge in [0.05, 0.1) is 32.4 Å². The van der Waals surface area contributed by atoms with Crippen molar-refractivity contribution in [2.45, 2.75) is 57.2 Å². The summed E-state index contributed by atoms with van der Waals surface area (Å²) in [7, 11) is 1.40. The van der Waals surface area contributed by atoms with Crippen molar-refractivity contribution in [3.8, 4) is 0 Å². The van der Waals surface area contributed by atoms with Crippen LogP contribution in [-0.2, 0) is 31.8 Å². The number of aryl methyl sites for hydroxylation is 1. The number of thiophene rings is 1. The molecule has 1 N–H and O–H groups in total. The minimum atomic E-state index is -0.436. The molecule has 0 aromatic carbocycles. The summed E-state index contributed by atoms with van der Waals surface area (Å²) in [6.07, 6.45) is 8.00. The van der Waals surface area contributed by atoms with Crippen LogP contribution in [0.3, 0.4) is 0 Å². The molecule has 1 amide bonds. The summed E-state index contributed by atoms with van der Waals surface area (Å²) in [5.41, 5.74) is 1.64. The summed E-state index contributed by atoms with van der Waals surface area (Å²) in [4.78, 5) is 28.6. The van der Waals surface area contributed by atoms with E-state index in [9.17, 15) is 9.59 Å². The Hall–Kier alpha value is -1.48. The largest absolute Gasteiger partial charge is 0.465 e. The van der Waals surface area contributed by atoms with Gasteiger partial charge in [0, 0.05) is 30.8 Å². The van der Waals surface area contributed by atoms with Crippen LogP contribution in [0.15, 0.2) is 0 Å². The number of hydrogen-bond donors (Lipinski definition) is 1. The van der Waals surface area contributed by atoms with Gasteiger partial charge in [0.25, 0.3) is 0 Å². The zero-order valence-electron chi connectivity index (χ0n) is 17.1. The Kier molecular flexibility index (Phi) is 6.53. The quantitative estimate of drug-likeness (QED) is 0.752. The molecule has 0 saturated carbocycles. The van der Waals surface area contributed by atoms with Crippen LogP contribution < -0.4 is 5.32 Å². The molecule has 2 fully saturated rings. The molecule has 0 unspecified atom stereocenters. The van der Waals surface area contributed by atoms with Crippen molar-refractivity contribution in [1.29, 1.82) is 0 Å². The number of ether oxygens (including phenoxy) is 3. The van der Waals surface area contributed by atoms with E-state index in [1.54, 1.807) is 11.3 Å². The lowest BCUT2D eigenvalue weighted by Crippen LogP contribution is -2.47. The van der Waals surface area contributed by atoms with Gasteiger partial charge in [0.2, 0.25) is 5.91 Å². The number of carbonyl (C=O) groups is 2. The number of likely N-dealkylation sites (tertiary alicyclic amines) is 1. The number of carbonyl (C=O) groups excluding carboxylic acids is 2. The minimum Gasteiger partial charge on any atom is -0.465 e. The number of rotatable bonds is 4. The highest BCUT2D eigenvalue weighted by molar-refractivity contribution is 7.17. The van der Waals surface area contributed by atoms with Gasteiger partial charge in [-0.2, -0.15) is 0 Å². The molecule has 3 aliphatic rings. The summed E-state index contributed by atoms with van der Waals surface area (Å²) >= 11 is 1.54.